The third-order valence-corrected chi connectivity index (χ3v) is 3.23. The molecule has 0 radical (unpaired) electrons. The Kier molecular flexibility index (Phi) is 4.72. The number of aryl methyl sites for hydroxylation is 2. The molecule has 0 fully saturated rings. The molecule has 2 nitrogen and oxygen atoms in total. The molecule has 1 aromatic rings. The van der Waals surface area contributed by atoms with E-state index in [1.54, 1.807) is 0 Å². The molecule has 2 heteroatoms. The zero-order chi connectivity index (χ0) is 13.1. The van der Waals surface area contributed by atoms with E-state index in [2.05, 4.69) is 51.2 Å². The van der Waals surface area contributed by atoms with Crippen LogP contribution in [0.4, 0.5) is 0 Å². The average molecular weight is 234 g/mol. The van der Waals surface area contributed by atoms with Crippen LogP contribution in [0.1, 0.15) is 49.4 Å². The van der Waals surface area contributed by atoms with Crippen molar-refractivity contribution in [3.05, 3.63) is 34.9 Å². The first kappa shape index (κ1) is 14.2. The third kappa shape index (κ3) is 4.49. The van der Waals surface area contributed by atoms with Crippen LogP contribution in [0.25, 0.3) is 0 Å². The number of benzene rings is 1. The SMILES string of the molecule is CNC(CCC(C)(C)N)c1ccc(C)cc1C. The predicted molar refractivity (Wildman–Crippen MR) is 75.2 cm³/mol. The first-order valence-electron chi connectivity index (χ1n) is 6.37. The van der Waals surface area contributed by atoms with E-state index < -0.39 is 0 Å². The van der Waals surface area contributed by atoms with Crippen molar-refractivity contribution in [1.29, 1.82) is 0 Å². The highest BCUT2D eigenvalue weighted by atomic mass is 14.9. The van der Waals surface area contributed by atoms with Crippen molar-refractivity contribution >= 4 is 0 Å². The van der Waals surface area contributed by atoms with Gasteiger partial charge in [0.1, 0.15) is 0 Å². The van der Waals surface area contributed by atoms with Gasteiger partial charge in [-0.3, -0.25) is 0 Å². The molecule has 0 spiro atoms. The summed E-state index contributed by atoms with van der Waals surface area (Å²) in [5, 5.41) is 3.40. The fourth-order valence-electron chi connectivity index (χ4n) is 2.19. The molecule has 17 heavy (non-hydrogen) atoms. The smallest absolute Gasteiger partial charge is 0.0320 e. The predicted octanol–water partition coefficient (Wildman–Crippen LogP) is 3.08. The second-order valence-corrected chi connectivity index (χ2v) is 5.73. The Balaban J connectivity index is 2.79. The lowest BCUT2D eigenvalue weighted by molar-refractivity contribution is 0.410. The molecule has 1 unspecified atom stereocenters. The van der Waals surface area contributed by atoms with Crippen LogP contribution in [0.15, 0.2) is 18.2 Å². The fourth-order valence-corrected chi connectivity index (χ4v) is 2.19. The van der Waals surface area contributed by atoms with Gasteiger partial charge in [0.05, 0.1) is 0 Å². The fraction of sp³-hybridized carbons (Fsp3) is 0.600. The molecule has 1 aromatic carbocycles. The Morgan fingerprint density at radius 2 is 1.94 bits per heavy atom. The molecule has 96 valence electrons. The third-order valence-electron chi connectivity index (χ3n) is 3.23. The van der Waals surface area contributed by atoms with Crippen LogP contribution in [0.2, 0.25) is 0 Å². The van der Waals surface area contributed by atoms with E-state index >= 15 is 0 Å². The maximum Gasteiger partial charge on any atom is 0.0320 e. The van der Waals surface area contributed by atoms with Gasteiger partial charge in [-0.2, -0.15) is 0 Å². The minimum atomic E-state index is -0.0896. The Morgan fingerprint density at radius 3 is 2.41 bits per heavy atom. The van der Waals surface area contributed by atoms with Gasteiger partial charge in [-0.1, -0.05) is 23.8 Å². The maximum atomic E-state index is 6.05. The van der Waals surface area contributed by atoms with Gasteiger partial charge < -0.3 is 11.1 Å². The van der Waals surface area contributed by atoms with Crippen molar-refractivity contribution < 1.29 is 0 Å². The highest BCUT2D eigenvalue weighted by Gasteiger charge is 2.17. The molecule has 0 amide bonds. The van der Waals surface area contributed by atoms with Crippen molar-refractivity contribution in [3.63, 3.8) is 0 Å². The molecule has 0 aliphatic carbocycles. The minimum absolute atomic E-state index is 0.0896. The summed E-state index contributed by atoms with van der Waals surface area (Å²) in [6.07, 6.45) is 2.09. The summed E-state index contributed by atoms with van der Waals surface area (Å²) in [5.74, 6) is 0. The molecule has 0 aliphatic heterocycles. The van der Waals surface area contributed by atoms with E-state index in [0.29, 0.717) is 6.04 Å². The van der Waals surface area contributed by atoms with Gasteiger partial charge in [0.2, 0.25) is 0 Å². The van der Waals surface area contributed by atoms with E-state index in [-0.39, 0.29) is 5.54 Å². The first-order valence-corrected chi connectivity index (χ1v) is 6.37. The van der Waals surface area contributed by atoms with E-state index in [1.165, 1.54) is 16.7 Å². The average Bonchev–Trinajstić information content (AvgIpc) is 2.19. The normalized spacial score (nSPS) is 13.8. The van der Waals surface area contributed by atoms with E-state index in [4.69, 9.17) is 5.73 Å². The zero-order valence-electron chi connectivity index (χ0n) is 11.8. The summed E-state index contributed by atoms with van der Waals surface area (Å²) in [4.78, 5) is 0. The second kappa shape index (κ2) is 5.65. The van der Waals surface area contributed by atoms with Gasteiger partial charge in [0.25, 0.3) is 0 Å². The summed E-state index contributed by atoms with van der Waals surface area (Å²) in [6, 6.07) is 7.06. The zero-order valence-corrected chi connectivity index (χ0v) is 11.8. The van der Waals surface area contributed by atoms with E-state index in [9.17, 15) is 0 Å². The lowest BCUT2D eigenvalue weighted by Gasteiger charge is -2.24. The topological polar surface area (TPSA) is 38.0 Å². The Morgan fingerprint density at radius 1 is 1.29 bits per heavy atom. The molecular weight excluding hydrogens is 208 g/mol. The molecule has 0 aromatic heterocycles. The Labute approximate surface area is 106 Å². The van der Waals surface area contributed by atoms with Crippen LogP contribution in [-0.2, 0) is 0 Å². The summed E-state index contributed by atoms with van der Waals surface area (Å²) in [5.41, 5.74) is 10.0. The number of nitrogens with two attached hydrogens (primary N) is 1. The van der Waals surface area contributed by atoms with E-state index in [1.807, 2.05) is 7.05 Å². The van der Waals surface area contributed by atoms with Crippen molar-refractivity contribution in [3.8, 4) is 0 Å². The summed E-state index contributed by atoms with van der Waals surface area (Å²) in [6.45, 7) is 8.48. The van der Waals surface area contributed by atoms with Gasteiger partial charge in [0.15, 0.2) is 0 Å². The summed E-state index contributed by atoms with van der Waals surface area (Å²) < 4.78 is 0. The molecule has 1 atom stereocenters. The first-order chi connectivity index (χ1) is 7.83. The quantitative estimate of drug-likeness (QED) is 0.821. The largest absolute Gasteiger partial charge is 0.326 e. The van der Waals surface area contributed by atoms with Crippen LogP contribution < -0.4 is 11.1 Å². The summed E-state index contributed by atoms with van der Waals surface area (Å²) in [7, 11) is 2.02. The second-order valence-electron chi connectivity index (χ2n) is 5.73. The summed E-state index contributed by atoms with van der Waals surface area (Å²) >= 11 is 0. The molecule has 0 bridgehead atoms. The molecule has 0 heterocycles. The van der Waals surface area contributed by atoms with Crippen LogP contribution in [0, 0.1) is 13.8 Å². The highest BCUT2D eigenvalue weighted by Crippen LogP contribution is 2.24. The van der Waals surface area contributed by atoms with E-state index in [0.717, 1.165) is 12.8 Å². The van der Waals surface area contributed by atoms with Gasteiger partial charge in [-0.15, -0.1) is 0 Å². The van der Waals surface area contributed by atoms with Crippen LogP contribution >= 0.6 is 0 Å². The lowest BCUT2D eigenvalue weighted by atomic mass is 9.91. The number of hydrogen-bond donors (Lipinski definition) is 2. The van der Waals surface area contributed by atoms with Crippen molar-refractivity contribution in [1.82, 2.24) is 5.32 Å². The Hall–Kier alpha value is -0.860. The van der Waals surface area contributed by atoms with Crippen LogP contribution in [-0.4, -0.2) is 12.6 Å². The van der Waals surface area contributed by atoms with Crippen molar-refractivity contribution in [2.24, 2.45) is 5.73 Å². The van der Waals surface area contributed by atoms with Gasteiger partial charge in [-0.25, -0.2) is 0 Å². The number of rotatable bonds is 5. The highest BCUT2D eigenvalue weighted by molar-refractivity contribution is 5.32. The number of nitrogens with one attached hydrogen (secondary N) is 1. The standard InChI is InChI=1S/C15H26N2/c1-11-6-7-13(12(2)10-11)14(17-5)8-9-15(3,4)16/h6-7,10,14,17H,8-9,16H2,1-5H3. The van der Waals surface area contributed by atoms with Gasteiger partial charge in [0, 0.05) is 11.6 Å². The van der Waals surface area contributed by atoms with Crippen LogP contribution in [0.3, 0.4) is 0 Å². The van der Waals surface area contributed by atoms with Crippen molar-refractivity contribution in [2.75, 3.05) is 7.05 Å². The lowest BCUT2D eigenvalue weighted by Crippen LogP contribution is -2.33. The Bertz CT molecular complexity index is 364. The molecule has 0 aliphatic rings. The molecule has 3 N–H and O–H groups in total. The monoisotopic (exact) mass is 234 g/mol. The molecule has 0 saturated heterocycles. The maximum absolute atomic E-state index is 6.05. The van der Waals surface area contributed by atoms with Crippen LogP contribution in [0.5, 0.6) is 0 Å². The van der Waals surface area contributed by atoms with Crippen molar-refractivity contribution in [2.45, 2.75) is 52.1 Å². The molecule has 1 rings (SSSR count). The van der Waals surface area contributed by atoms with Gasteiger partial charge in [-0.05, 0) is 58.7 Å². The molecular formula is C15H26N2. The van der Waals surface area contributed by atoms with Gasteiger partial charge >= 0.3 is 0 Å². The minimum Gasteiger partial charge on any atom is -0.326 e. The number of hydrogen-bond acceptors (Lipinski definition) is 2. The molecule has 0 saturated carbocycles.